The lowest BCUT2D eigenvalue weighted by Gasteiger charge is -2.35. The summed E-state index contributed by atoms with van der Waals surface area (Å²) in [5, 5.41) is 14.9. The molecule has 2 N–H and O–H groups in total. The maximum Gasteiger partial charge on any atom is 0.320 e. The van der Waals surface area contributed by atoms with Crippen LogP contribution in [0.1, 0.15) is 22.3 Å². The van der Waals surface area contributed by atoms with E-state index in [1.54, 1.807) is 28.7 Å². The molecule has 9 nitrogen and oxygen atoms in total. The van der Waals surface area contributed by atoms with Gasteiger partial charge >= 0.3 is 6.03 Å². The number of aromatic nitrogens is 4. The van der Waals surface area contributed by atoms with E-state index in [0.717, 1.165) is 22.4 Å². The van der Waals surface area contributed by atoms with Gasteiger partial charge in [-0.15, -0.1) is 0 Å². The Balaban J connectivity index is 1.41. The van der Waals surface area contributed by atoms with E-state index >= 15 is 4.39 Å². The summed E-state index contributed by atoms with van der Waals surface area (Å²) in [6, 6.07) is 14.6. The number of aryl methyl sites for hydroxylation is 1. The molecule has 0 aliphatic carbocycles. The van der Waals surface area contributed by atoms with Crippen molar-refractivity contribution in [3.63, 3.8) is 0 Å². The fourth-order valence-corrected chi connectivity index (χ4v) is 4.47. The van der Waals surface area contributed by atoms with Crippen molar-refractivity contribution >= 4 is 11.8 Å². The first-order valence-corrected chi connectivity index (χ1v) is 11.9. The van der Waals surface area contributed by atoms with E-state index < -0.39 is 11.7 Å². The summed E-state index contributed by atoms with van der Waals surface area (Å²) in [7, 11) is 3.44. The lowest BCUT2D eigenvalue weighted by molar-refractivity contribution is -0.135. The van der Waals surface area contributed by atoms with E-state index in [1.165, 1.54) is 0 Å². The number of para-hydroxylation sites is 1. The minimum Gasteiger partial charge on any atom is -0.380 e. The highest BCUT2D eigenvalue weighted by Crippen LogP contribution is 2.36. The molecule has 0 bridgehead atoms. The van der Waals surface area contributed by atoms with Crippen LogP contribution in [0.3, 0.4) is 0 Å². The second-order valence-corrected chi connectivity index (χ2v) is 9.16. The van der Waals surface area contributed by atoms with Crippen molar-refractivity contribution < 1.29 is 18.7 Å². The van der Waals surface area contributed by atoms with Crippen LogP contribution >= 0.6 is 0 Å². The van der Waals surface area contributed by atoms with Crippen molar-refractivity contribution in [3.05, 3.63) is 83.2 Å². The zero-order valence-electron chi connectivity index (χ0n) is 21.0. The molecule has 0 saturated carbocycles. The number of alkyl halides is 1. The number of hydrogen-bond donors (Lipinski definition) is 2. The van der Waals surface area contributed by atoms with Crippen LogP contribution in [0.5, 0.6) is 0 Å². The number of benzene rings is 2. The van der Waals surface area contributed by atoms with Gasteiger partial charge in [0.2, 0.25) is 0 Å². The number of hydrogen-bond acceptors (Lipinski definition) is 5. The van der Waals surface area contributed by atoms with E-state index in [2.05, 4.69) is 15.7 Å². The summed E-state index contributed by atoms with van der Waals surface area (Å²) in [5.41, 5.74) is 3.69. The van der Waals surface area contributed by atoms with Gasteiger partial charge in [-0.05, 0) is 35.7 Å². The molecule has 0 unspecified atom stereocenters. The second kappa shape index (κ2) is 10.2. The van der Waals surface area contributed by atoms with Crippen LogP contribution in [0.2, 0.25) is 0 Å². The molecular weight excluding hydrogens is 475 g/mol. The molecule has 1 aliphatic rings. The number of nitrogens with zero attached hydrogens (tertiary/aromatic N) is 4. The lowest BCUT2D eigenvalue weighted by atomic mass is 9.88. The van der Waals surface area contributed by atoms with E-state index in [1.807, 2.05) is 62.6 Å². The Labute approximate surface area is 214 Å². The first kappa shape index (κ1) is 24.7. The third-order valence-electron chi connectivity index (χ3n) is 6.40. The Morgan fingerprint density at radius 1 is 1.22 bits per heavy atom. The van der Waals surface area contributed by atoms with Gasteiger partial charge in [0, 0.05) is 38.0 Å². The van der Waals surface area contributed by atoms with Crippen LogP contribution in [-0.4, -0.2) is 45.9 Å². The predicted molar refractivity (Wildman–Crippen MR) is 137 cm³/mol. The zero-order valence-corrected chi connectivity index (χ0v) is 21.0. The molecule has 0 radical (unpaired) electrons. The van der Waals surface area contributed by atoms with E-state index in [4.69, 9.17) is 14.6 Å². The predicted octanol–water partition coefficient (Wildman–Crippen LogP) is 4.24. The van der Waals surface area contributed by atoms with Crippen LogP contribution in [0.25, 0.3) is 16.9 Å². The molecular formula is C27H29FN6O3. The third kappa shape index (κ3) is 4.98. The zero-order chi connectivity index (χ0) is 26.0. The molecule has 5 rings (SSSR count). The summed E-state index contributed by atoms with van der Waals surface area (Å²) in [5.74, 6) is 0.533. The number of methoxy groups -OCH3 is 1. The number of ether oxygens (including phenoxy) is 2. The fourth-order valence-electron chi connectivity index (χ4n) is 4.47. The van der Waals surface area contributed by atoms with E-state index in [-0.39, 0.29) is 19.8 Å². The van der Waals surface area contributed by atoms with Gasteiger partial charge in [0.1, 0.15) is 11.5 Å². The molecule has 2 amide bonds. The van der Waals surface area contributed by atoms with Crippen molar-refractivity contribution in [1.29, 1.82) is 0 Å². The fraction of sp³-hybridized carbons (Fsp3) is 0.296. The third-order valence-corrected chi connectivity index (χ3v) is 6.40. The summed E-state index contributed by atoms with van der Waals surface area (Å²) in [4.78, 5) is 13.1. The Bertz CT molecular complexity index is 1410. The Kier molecular flexibility index (Phi) is 6.77. The second-order valence-electron chi connectivity index (χ2n) is 9.16. The number of amides is 2. The quantitative estimate of drug-likeness (QED) is 0.374. The van der Waals surface area contributed by atoms with Crippen molar-refractivity contribution in [2.45, 2.75) is 25.7 Å². The minimum absolute atomic E-state index is 0.00238. The van der Waals surface area contributed by atoms with Crippen LogP contribution in [-0.2, 0) is 35.3 Å². The van der Waals surface area contributed by atoms with Crippen LogP contribution in [0.15, 0.2) is 60.9 Å². The number of carbonyl (C=O) groups is 1. The molecule has 10 heteroatoms. The molecule has 37 heavy (non-hydrogen) atoms. The highest BCUT2D eigenvalue weighted by atomic mass is 19.1. The molecule has 1 saturated heterocycles. The molecule has 192 valence electrons. The van der Waals surface area contributed by atoms with Crippen LogP contribution in [0.4, 0.5) is 15.0 Å². The Hall–Kier alpha value is -4.02. The molecule has 1 fully saturated rings. The van der Waals surface area contributed by atoms with E-state index in [9.17, 15) is 4.79 Å². The topological polar surface area (TPSA) is 95.2 Å². The first-order valence-electron chi connectivity index (χ1n) is 11.9. The molecule has 2 aromatic heterocycles. The molecule has 0 atom stereocenters. The van der Waals surface area contributed by atoms with Crippen molar-refractivity contribution in [2.24, 2.45) is 7.05 Å². The van der Waals surface area contributed by atoms with Gasteiger partial charge in [0.25, 0.3) is 0 Å². The van der Waals surface area contributed by atoms with Gasteiger partial charge in [-0.1, -0.05) is 36.4 Å². The van der Waals surface area contributed by atoms with Gasteiger partial charge < -0.3 is 14.8 Å². The summed E-state index contributed by atoms with van der Waals surface area (Å²) < 4.78 is 29.0. The number of anilines is 1. The van der Waals surface area contributed by atoms with Crippen molar-refractivity contribution in [3.8, 4) is 16.9 Å². The smallest absolute Gasteiger partial charge is 0.320 e. The number of carbonyl (C=O) groups excluding carboxylic acids is 1. The van der Waals surface area contributed by atoms with Crippen LogP contribution < -0.4 is 10.6 Å². The van der Waals surface area contributed by atoms with Crippen molar-refractivity contribution in [2.75, 3.05) is 25.6 Å². The highest BCUT2D eigenvalue weighted by Gasteiger charge is 2.42. The first-order chi connectivity index (χ1) is 17.9. The average Bonchev–Trinajstić information content (AvgIpc) is 3.45. The highest BCUT2D eigenvalue weighted by molar-refractivity contribution is 5.90. The largest absolute Gasteiger partial charge is 0.380 e. The molecule has 3 heterocycles. The standard InChI is InChI=1S/C27H29FN6O3/c1-18-24(21-13-30-33(2)14-21)32-34(22-7-5-4-6-8-22)25(18)31-26(35)29-12-20-11-19(15-36-3)9-10-23(20)27(28)16-37-17-27/h4-11,13-14H,12,15-17H2,1-3H3,(H2,29,31,35). The average molecular weight is 505 g/mol. The monoisotopic (exact) mass is 504 g/mol. The maximum absolute atomic E-state index is 15.2. The molecule has 2 aromatic carbocycles. The van der Waals surface area contributed by atoms with Gasteiger partial charge in [0.05, 0.1) is 31.7 Å². The SMILES string of the molecule is COCc1ccc(C2(F)COC2)c(CNC(=O)Nc2c(C)c(-c3cnn(C)c3)nn2-c2ccccc2)c1. The number of nitrogens with one attached hydrogen (secondary N) is 2. The number of urea groups is 1. The lowest BCUT2D eigenvalue weighted by Crippen LogP contribution is -2.43. The van der Waals surface area contributed by atoms with Crippen molar-refractivity contribution in [1.82, 2.24) is 24.9 Å². The minimum atomic E-state index is -1.56. The molecule has 4 aromatic rings. The summed E-state index contributed by atoms with van der Waals surface area (Å²) in [6.45, 7) is 2.44. The van der Waals surface area contributed by atoms with Gasteiger partial charge in [-0.25, -0.2) is 13.9 Å². The maximum atomic E-state index is 15.2. The normalized spacial score (nSPS) is 14.3. The van der Waals surface area contributed by atoms with Crippen LogP contribution in [0, 0.1) is 6.92 Å². The van der Waals surface area contributed by atoms with E-state index in [0.29, 0.717) is 29.2 Å². The molecule has 1 aliphatic heterocycles. The number of rotatable bonds is 8. The van der Waals surface area contributed by atoms with Gasteiger partial charge in [0.15, 0.2) is 5.67 Å². The molecule has 0 spiro atoms. The summed E-state index contributed by atoms with van der Waals surface area (Å²) >= 11 is 0. The number of halogens is 1. The van der Waals surface area contributed by atoms with Gasteiger partial charge in [-0.3, -0.25) is 10.00 Å². The van der Waals surface area contributed by atoms with Gasteiger partial charge in [-0.2, -0.15) is 10.2 Å². The summed E-state index contributed by atoms with van der Waals surface area (Å²) in [6.07, 6.45) is 3.61. The Morgan fingerprint density at radius 3 is 2.65 bits per heavy atom. The Morgan fingerprint density at radius 2 is 2.00 bits per heavy atom.